The second-order valence-corrected chi connectivity index (χ2v) is 7.45. The van der Waals surface area contributed by atoms with E-state index in [-0.39, 0.29) is 5.91 Å². The zero-order chi connectivity index (χ0) is 21.7. The van der Waals surface area contributed by atoms with Crippen molar-refractivity contribution in [1.29, 1.82) is 0 Å². The second kappa shape index (κ2) is 8.88. The maximum Gasteiger partial charge on any atom is 0.239 e. The first kappa shape index (κ1) is 20.4. The summed E-state index contributed by atoms with van der Waals surface area (Å²) in [4.78, 5) is 14.0. The summed E-state index contributed by atoms with van der Waals surface area (Å²) in [6.07, 6.45) is 2.28. The van der Waals surface area contributed by atoms with E-state index in [4.69, 9.17) is 4.74 Å². The molecule has 0 aliphatic rings. The van der Waals surface area contributed by atoms with Gasteiger partial charge in [-0.2, -0.15) is 0 Å². The predicted molar refractivity (Wildman–Crippen MR) is 128 cm³/mol. The Labute approximate surface area is 183 Å². The van der Waals surface area contributed by atoms with Gasteiger partial charge in [-0.1, -0.05) is 91.0 Å². The van der Waals surface area contributed by atoms with Crippen LogP contribution in [-0.2, 0) is 10.2 Å². The highest BCUT2D eigenvalue weighted by molar-refractivity contribution is 6.08. The number of nitrogens with one attached hydrogen (secondary N) is 1. The van der Waals surface area contributed by atoms with Crippen molar-refractivity contribution in [3.05, 3.63) is 121 Å². The third-order valence-corrected chi connectivity index (χ3v) is 5.72. The number of hydrogen-bond donors (Lipinski definition) is 1. The minimum atomic E-state index is -0.898. The van der Waals surface area contributed by atoms with Gasteiger partial charge in [-0.25, -0.2) is 0 Å². The normalized spacial score (nSPS) is 11.1. The molecule has 0 saturated carbocycles. The number of ether oxygens (including phenoxy) is 1. The molecule has 1 amide bonds. The largest absolute Gasteiger partial charge is 0.496 e. The lowest BCUT2D eigenvalue weighted by molar-refractivity contribution is -0.120. The topological polar surface area (TPSA) is 38.3 Å². The molecular weight excluding hydrogens is 382 g/mol. The van der Waals surface area contributed by atoms with Crippen molar-refractivity contribution in [3.8, 4) is 5.75 Å². The van der Waals surface area contributed by atoms with Gasteiger partial charge >= 0.3 is 0 Å². The Morgan fingerprint density at radius 3 is 1.94 bits per heavy atom. The van der Waals surface area contributed by atoms with Crippen molar-refractivity contribution < 1.29 is 9.53 Å². The highest BCUT2D eigenvalue weighted by Crippen LogP contribution is 2.39. The predicted octanol–water partition coefficient (Wildman–Crippen LogP) is 6.35. The van der Waals surface area contributed by atoms with E-state index in [1.165, 1.54) is 0 Å². The van der Waals surface area contributed by atoms with Gasteiger partial charge in [-0.3, -0.25) is 4.79 Å². The molecule has 154 valence electrons. The van der Waals surface area contributed by atoms with Crippen molar-refractivity contribution in [2.45, 2.75) is 11.8 Å². The van der Waals surface area contributed by atoms with Crippen LogP contribution in [0.3, 0.4) is 0 Å². The summed E-state index contributed by atoms with van der Waals surface area (Å²) in [7, 11) is 1.65. The molecule has 0 aromatic heterocycles. The summed E-state index contributed by atoms with van der Waals surface area (Å²) in [5.74, 6) is 0.678. The van der Waals surface area contributed by atoms with Crippen LogP contribution in [0.5, 0.6) is 5.75 Å². The Morgan fingerprint density at radius 2 is 1.39 bits per heavy atom. The van der Waals surface area contributed by atoms with Gasteiger partial charge < -0.3 is 10.1 Å². The van der Waals surface area contributed by atoms with E-state index in [1.807, 2.05) is 103 Å². The standard InChI is InChI=1S/C28H25NO2/c1-3-20-28(21-12-6-4-7-13-21,22-14-8-5-9-15-22)27(30)29-25-18-19-26(31-2)24-17-11-10-16-23(24)25/h3-19H,1,20H2,2H3,(H,29,30). The van der Waals surface area contributed by atoms with Crippen LogP contribution in [0.1, 0.15) is 17.5 Å². The van der Waals surface area contributed by atoms with Gasteiger partial charge in [0.15, 0.2) is 0 Å². The molecule has 4 aromatic carbocycles. The maximum absolute atomic E-state index is 14.0. The number of carbonyl (C=O) groups is 1. The van der Waals surface area contributed by atoms with Crippen LogP contribution in [0.15, 0.2) is 110 Å². The molecule has 1 N–H and O–H groups in total. The van der Waals surface area contributed by atoms with Crippen molar-refractivity contribution in [3.63, 3.8) is 0 Å². The Bertz CT molecular complexity index is 1160. The number of amides is 1. The number of benzene rings is 4. The van der Waals surface area contributed by atoms with Crippen molar-refractivity contribution in [1.82, 2.24) is 0 Å². The zero-order valence-corrected chi connectivity index (χ0v) is 17.5. The third-order valence-electron chi connectivity index (χ3n) is 5.72. The van der Waals surface area contributed by atoms with Crippen molar-refractivity contribution in [2.75, 3.05) is 12.4 Å². The lowest BCUT2D eigenvalue weighted by Crippen LogP contribution is -2.41. The van der Waals surface area contributed by atoms with Gasteiger partial charge in [-0.15, -0.1) is 6.58 Å². The van der Waals surface area contributed by atoms with E-state index in [0.29, 0.717) is 6.42 Å². The van der Waals surface area contributed by atoms with Gasteiger partial charge in [-0.05, 0) is 29.7 Å². The first-order chi connectivity index (χ1) is 15.2. The molecule has 0 unspecified atom stereocenters. The summed E-state index contributed by atoms with van der Waals surface area (Å²) >= 11 is 0. The molecule has 0 fully saturated rings. The Balaban J connectivity index is 1.87. The smallest absolute Gasteiger partial charge is 0.239 e. The van der Waals surface area contributed by atoms with E-state index in [2.05, 4.69) is 11.9 Å². The average Bonchev–Trinajstić information content (AvgIpc) is 2.84. The first-order valence-electron chi connectivity index (χ1n) is 10.3. The summed E-state index contributed by atoms with van der Waals surface area (Å²) in [5, 5.41) is 5.11. The van der Waals surface area contributed by atoms with E-state index in [0.717, 1.165) is 33.3 Å². The lowest BCUT2D eigenvalue weighted by Gasteiger charge is -2.33. The van der Waals surface area contributed by atoms with Crippen LogP contribution in [0, 0.1) is 0 Å². The van der Waals surface area contributed by atoms with Crippen LogP contribution >= 0.6 is 0 Å². The molecule has 31 heavy (non-hydrogen) atoms. The van der Waals surface area contributed by atoms with Crippen molar-refractivity contribution >= 4 is 22.4 Å². The molecule has 0 radical (unpaired) electrons. The number of anilines is 1. The highest BCUT2D eigenvalue weighted by Gasteiger charge is 2.41. The minimum absolute atomic E-state index is 0.0971. The molecule has 0 saturated heterocycles. The number of hydrogen-bond acceptors (Lipinski definition) is 2. The summed E-state index contributed by atoms with van der Waals surface area (Å²) in [6.45, 7) is 3.96. The Hall–Kier alpha value is -3.85. The molecular formula is C28H25NO2. The summed E-state index contributed by atoms with van der Waals surface area (Å²) < 4.78 is 5.51. The van der Waals surface area contributed by atoms with Crippen molar-refractivity contribution in [2.24, 2.45) is 0 Å². The fourth-order valence-electron chi connectivity index (χ4n) is 4.21. The average molecular weight is 408 g/mol. The highest BCUT2D eigenvalue weighted by atomic mass is 16.5. The number of rotatable bonds is 7. The van der Waals surface area contributed by atoms with Gasteiger partial charge in [0.05, 0.1) is 7.11 Å². The molecule has 0 heterocycles. The Morgan fingerprint density at radius 1 is 0.839 bits per heavy atom. The monoisotopic (exact) mass is 407 g/mol. The summed E-state index contributed by atoms with van der Waals surface area (Å²) in [5.41, 5.74) is 1.71. The van der Waals surface area contributed by atoms with E-state index >= 15 is 0 Å². The first-order valence-corrected chi connectivity index (χ1v) is 10.3. The fraction of sp³-hybridized carbons (Fsp3) is 0.107. The SMILES string of the molecule is C=CCC(C(=O)Nc1ccc(OC)c2ccccc12)(c1ccccc1)c1ccccc1. The van der Waals surface area contributed by atoms with Gasteiger partial charge in [0.2, 0.25) is 5.91 Å². The summed E-state index contributed by atoms with van der Waals surface area (Å²) in [6, 6.07) is 31.5. The molecule has 4 rings (SSSR count). The molecule has 3 nitrogen and oxygen atoms in total. The van der Waals surface area contributed by atoms with Crippen LogP contribution in [0.2, 0.25) is 0 Å². The fourth-order valence-corrected chi connectivity index (χ4v) is 4.21. The lowest BCUT2D eigenvalue weighted by atomic mass is 9.71. The van der Waals surface area contributed by atoms with E-state index < -0.39 is 5.41 Å². The van der Waals surface area contributed by atoms with Gasteiger partial charge in [0, 0.05) is 16.5 Å². The molecule has 0 aliphatic heterocycles. The molecule has 3 heteroatoms. The van der Waals surface area contributed by atoms with Crippen LogP contribution in [0.4, 0.5) is 5.69 Å². The van der Waals surface area contributed by atoms with Gasteiger partial charge in [0.1, 0.15) is 11.2 Å². The quantitative estimate of drug-likeness (QED) is 0.363. The maximum atomic E-state index is 14.0. The molecule has 0 aliphatic carbocycles. The third kappa shape index (κ3) is 3.71. The van der Waals surface area contributed by atoms with E-state index in [1.54, 1.807) is 7.11 Å². The zero-order valence-electron chi connectivity index (χ0n) is 17.5. The van der Waals surface area contributed by atoms with Gasteiger partial charge in [0.25, 0.3) is 0 Å². The molecule has 4 aromatic rings. The van der Waals surface area contributed by atoms with Crippen LogP contribution in [0.25, 0.3) is 10.8 Å². The number of fused-ring (bicyclic) bond motifs is 1. The number of methoxy groups -OCH3 is 1. The molecule has 0 atom stereocenters. The number of allylic oxidation sites excluding steroid dienone is 1. The molecule has 0 spiro atoms. The van der Waals surface area contributed by atoms with Crippen LogP contribution in [-0.4, -0.2) is 13.0 Å². The Kier molecular flexibility index (Phi) is 5.85. The molecule has 0 bridgehead atoms. The second-order valence-electron chi connectivity index (χ2n) is 7.45. The van der Waals surface area contributed by atoms with Crippen LogP contribution < -0.4 is 10.1 Å². The minimum Gasteiger partial charge on any atom is -0.496 e. The van der Waals surface area contributed by atoms with E-state index in [9.17, 15) is 4.79 Å². The number of carbonyl (C=O) groups excluding carboxylic acids is 1.